The fourth-order valence-electron chi connectivity index (χ4n) is 4.37. The fraction of sp³-hybridized carbons (Fsp3) is 1.00. The highest BCUT2D eigenvalue weighted by atomic mass is 28.4. The van der Waals surface area contributed by atoms with Gasteiger partial charge in [0.15, 0.2) is 16.6 Å². The molecule has 0 radical (unpaired) electrons. The Kier molecular flexibility index (Phi) is 9.07. The fourth-order valence-corrected chi connectivity index (χ4v) is 13.3. The van der Waals surface area contributed by atoms with E-state index in [0.29, 0.717) is 18.8 Å². The summed E-state index contributed by atoms with van der Waals surface area (Å²) in [5.74, 6) is -2.13. The van der Waals surface area contributed by atoms with Crippen molar-refractivity contribution in [3.8, 4) is 0 Å². The first-order valence-corrected chi connectivity index (χ1v) is 17.1. The predicted molar refractivity (Wildman–Crippen MR) is 112 cm³/mol. The van der Waals surface area contributed by atoms with Gasteiger partial charge in [-0.15, -0.1) is 0 Å². The van der Waals surface area contributed by atoms with Gasteiger partial charge in [0.2, 0.25) is 0 Å². The zero-order valence-electron chi connectivity index (χ0n) is 18.1. The molecule has 2 aliphatic rings. The number of fused-ring (bicyclic) bond motifs is 1. The molecule has 2 rings (SSSR count). The van der Waals surface area contributed by atoms with E-state index in [1.807, 2.05) is 0 Å². The van der Waals surface area contributed by atoms with Crippen LogP contribution >= 0.6 is 0 Å². The molecule has 3 atom stereocenters. The van der Waals surface area contributed by atoms with Crippen molar-refractivity contribution in [3.05, 3.63) is 0 Å². The monoisotopic (exact) mass is 440 g/mol. The maximum Gasteiger partial charge on any atom is 0.271 e. The summed E-state index contributed by atoms with van der Waals surface area (Å²) in [4.78, 5) is 0. The van der Waals surface area contributed by atoms with Crippen molar-refractivity contribution >= 4 is 16.6 Å². The van der Waals surface area contributed by atoms with Gasteiger partial charge >= 0.3 is 0 Å². The SMILES string of the molecule is C[Si](C)(CCCOCC(F)(F)CCCF)O[Si](C)(C)CCC1CCC2OC2C1. The summed E-state index contributed by atoms with van der Waals surface area (Å²) in [7, 11) is -3.55. The van der Waals surface area contributed by atoms with Crippen molar-refractivity contribution in [2.45, 2.75) is 101 Å². The van der Waals surface area contributed by atoms with Crippen LogP contribution in [-0.2, 0) is 13.6 Å². The maximum absolute atomic E-state index is 13.4. The molecule has 1 saturated heterocycles. The number of rotatable bonds is 14. The zero-order chi connectivity index (χ0) is 20.8. The van der Waals surface area contributed by atoms with Crippen molar-refractivity contribution in [1.82, 2.24) is 0 Å². The summed E-state index contributed by atoms with van der Waals surface area (Å²) < 4.78 is 56.4. The number of alkyl halides is 3. The second-order valence-electron chi connectivity index (χ2n) is 9.86. The number of halogens is 3. The van der Waals surface area contributed by atoms with Gasteiger partial charge in [-0.05, 0) is 76.3 Å². The molecule has 3 nitrogen and oxygen atoms in total. The molecule has 28 heavy (non-hydrogen) atoms. The average molecular weight is 441 g/mol. The molecule has 0 N–H and O–H groups in total. The number of epoxide rings is 1. The van der Waals surface area contributed by atoms with E-state index in [1.165, 1.54) is 31.7 Å². The van der Waals surface area contributed by atoms with E-state index < -0.39 is 42.3 Å². The average Bonchev–Trinajstić information content (AvgIpc) is 3.35. The highest BCUT2D eigenvalue weighted by Gasteiger charge is 2.44. The molecule has 1 aliphatic carbocycles. The molecule has 0 spiro atoms. The van der Waals surface area contributed by atoms with Crippen LogP contribution in [0.25, 0.3) is 0 Å². The van der Waals surface area contributed by atoms with E-state index in [0.717, 1.165) is 18.4 Å². The van der Waals surface area contributed by atoms with Crippen LogP contribution in [0.15, 0.2) is 0 Å². The Morgan fingerprint density at radius 1 is 1.00 bits per heavy atom. The molecular formula is C20H39F3O3Si2. The molecule has 0 aromatic heterocycles. The van der Waals surface area contributed by atoms with Gasteiger partial charge in [0.25, 0.3) is 5.92 Å². The summed E-state index contributed by atoms with van der Waals surface area (Å²) in [5.41, 5.74) is 0. The number of hydrogen-bond donors (Lipinski definition) is 0. The van der Waals surface area contributed by atoms with Crippen molar-refractivity contribution in [1.29, 1.82) is 0 Å². The van der Waals surface area contributed by atoms with Gasteiger partial charge < -0.3 is 13.6 Å². The van der Waals surface area contributed by atoms with Gasteiger partial charge in [-0.2, -0.15) is 0 Å². The minimum absolute atomic E-state index is 0.112. The minimum atomic E-state index is -2.92. The van der Waals surface area contributed by atoms with Gasteiger partial charge in [0.05, 0.1) is 18.9 Å². The van der Waals surface area contributed by atoms with Crippen LogP contribution in [-0.4, -0.2) is 54.7 Å². The lowest BCUT2D eigenvalue weighted by Crippen LogP contribution is -2.44. The van der Waals surface area contributed by atoms with Crippen LogP contribution in [0.2, 0.25) is 38.3 Å². The van der Waals surface area contributed by atoms with E-state index in [1.54, 1.807) is 0 Å². The predicted octanol–water partition coefficient (Wildman–Crippen LogP) is 6.16. The minimum Gasteiger partial charge on any atom is -0.455 e. The topological polar surface area (TPSA) is 31.0 Å². The van der Waals surface area contributed by atoms with Gasteiger partial charge in [0.1, 0.15) is 6.61 Å². The van der Waals surface area contributed by atoms with Gasteiger partial charge in [-0.25, -0.2) is 8.78 Å². The van der Waals surface area contributed by atoms with Crippen LogP contribution in [0.3, 0.4) is 0 Å². The first kappa shape index (κ1) is 24.4. The first-order valence-electron chi connectivity index (χ1n) is 10.9. The van der Waals surface area contributed by atoms with E-state index in [-0.39, 0.29) is 6.42 Å². The lowest BCUT2D eigenvalue weighted by molar-refractivity contribution is -0.0836. The second-order valence-corrected chi connectivity index (χ2v) is 18.7. The Morgan fingerprint density at radius 2 is 1.71 bits per heavy atom. The van der Waals surface area contributed by atoms with E-state index in [9.17, 15) is 13.2 Å². The van der Waals surface area contributed by atoms with E-state index in [4.69, 9.17) is 13.6 Å². The molecule has 0 bridgehead atoms. The zero-order valence-corrected chi connectivity index (χ0v) is 20.1. The molecule has 1 heterocycles. The van der Waals surface area contributed by atoms with Crippen LogP contribution in [0.4, 0.5) is 13.2 Å². The molecular weight excluding hydrogens is 401 g/mol. The molecule has 2 fully saturated rings. The molecule has 1 saturated carbocycles. The number of hydrogen-bond acceptors (Lipinski definition) is 3. The smallest absolute Gasteiger partial charge is 0.271 e. The lowest BCUT2D eigenvalue weighted by atomic mass is 9.88. The third kappa shape index (κ3) is 9.28. The van der Waals surface area contributed by atoms with Crippen LogP contribution in [0.5, 0.6) is 0 Å². The Morgan fingerprint density at radius 3 is 2.39 bits per heavy atom. The van der Waals surface area contributed by atoms with E-state index >= 15 is 0 Å². The molecule has 1 aliphatic heterocycles. The quantitative estimate of drug-likeness (QED) is 0.184. The van der Waals surface area contributed by atoms with Crippen molar-refractivity contribution in [3.63, 3.8) is 0 Å². The van der Waals surface area contributed by atoms with Gasteiger partial charge in [0, 0.05) is 13.0 Å². The third-order valence-electron chi connectivity index (χ3n) is 5.88. The molecule has 8 heteroatoms. The van der Waals surface area contributed by atoms with Crippen LogP contribution in [0.1, 0.15) is 44.9 Å². The molecule has 0 aromatic carbocycles. The summed E-state index contributed by atoms with van der Waals surface area (Å²) >= 11 is 0. The van der Waals surface area contributed by atoms with Crippen molar-refractivity contribution < 1.29 is 26.8 Å². The lowest BCUT2D eigenvalue weighted by Gasteiger charge is -2.35. The summed E-state index contributed by atoms with van der Waals surface area (Å²) in [5, 5.41) is 0. The maximum atomic E-state index is 13.4. The third-order valence-corrected chi connectivity index (χ3v) is 13.3. The van der Waals surface area contributed by atoms with Crippen LogP contribution < -0.4 is 0 Å². The van der Waals surface area contributed by atoms with Gasteiger partial charge in [-0.3, -0.25) is 4.39 Å². The van der Waals surface area contributed by atoms with Crippen molar-refractivity contribution in [2.24, 2.45) is 5.92 Å². The normalized spacial score (nSPS) is 25.6. The van der Waals surface area contributed by atoms with Crippen LogP contribution in [0, 0.1) is 5.92 Å². The molecule has 0 aromatic rings. The summed E-state index contributed by atoms with van der Waals surface area (Å²) in [6.07, 6.45) is 6.28. The van der Waals surface area contributed by atoms with Crippen molar-refractivity contribution in [2.75, 3.05) is 19.9 Å². The Labute approximate surface area is 171 Å². The van der Waals surface area contributed by atoms with E-state index in [2.05, 4.69) is 26.2 Å². The summed E-state index contributed by atoms with van der Waals surface area (Å²) in [6.45, 7) is 8.07. The first-order chi connectivity index (χ1) is 13.0. The Balaban J connectivity index is 1.60. The Bertz CT molecular complexity index is 478. The van der Waals surface area contributed by atoms with Gasteiger partial charge in [-0.1, -0.05) is 6.42 Å². The standard InChI is InChI=1S/C20H39F3O3Si2/c1-27(2,13-6-12-24-16-20(22,23)10-5-11-21)26-28(3,4)14-9-17-7-8-18-19(15-17)25-18/h17-19H,5-16H2,1-4H3. The highest BCUT2D eigenvalue weighted by molar-refractivity contribution is 6.84. The Hall–Kier alpha value is 0.104. The molecule has 166 valence electrons. The second kappa shape index (κ2) is 10.4. The number of ether oxygens (including phenoxy) is 2. The largest absolute Gasteiger partial charge is 0.455 e. The summed E-state index contributed by atoms with van der Waals surface area (Å²) in [6, 6.07) is 2.10. The molecule has 3 unspecified atom stereocenters. The highest BCUT2D eigenvalue weighted by Crippen LogP contribution is 2.41. The molecule has 0 amide bonds.